The van der Waals surface area contributed by atoms with Crippen LogP contribution in [0.4, 0.5) is 0 Å². The molecule has 1 N–H and O–H groups in total. The molecule has 0 bridgehead atoms. The van der Waals surface area contributed by atoms with Gasteiger partial charge in [0.15, 0.2) is 5.69 Å². The van der Waals surface area contributed by atoms with Crippen molar-refractivity contribution in [2.24, 2.45) is 0 Å². The second kappa shape index (κ2) is 8.07. The normalized spacial score (nSPS) is 13.5. The van der Waals surface area contributed by atoms with Gasteiger partial charge in [0.1, 0.15) is 5.75 Å². The molecule has 2 aromatic carbocycles. The Hall–Kier alpha value is -3.15. The lowest BCUT2D eigenvalue weighted by Crippen LogP contribution is -2.24. The summed E-state index contributed by atoms with van der Waals surface area (Å²) in [6.07, 6.45) is 2.24. The molecule has 0 unspecified atom stereocenters. The monoisotopic (exact) mass is 390 g/mol. The molecule has 0 saturated heterocycles. The lowest BCUT2D eigenvalue weighted by molar-refractivity contribution is 0.0944. The lowest BCUT2D eigenvalue weighted by Gasteiger charge is -2.11. The van der Waals surface area contributed by atoms with Gasteiger partial charge >= 0.3 is 0 Å². The van der Waals surface area contributed by atoms with Gasteiger partial charge < -0.3 is 10.1 Å². The number of carbonyl (C=O) groups is 1. The molecule has 1 fully saturated rings. The predicted octanol–water partition coefficient (Wildman–Crippen LogP) is 4.17. The number of nitrogens with zero attached hydrogens (tertiary/aromatic N) is 3. The van der Waals surface area contributed by atoms with Gasteiger partial charge in [-0.3, -0.25) is 4.79 Å². The van der Waals surface area contributed by atoms with E-state index < -0.39 is 0 Å². The predicted molar refractivity (Wildman–Crippen MR) is 111 cm³/mol. The van der Waals surface area contributed by atoms with E-state index in [-0.39, 0.29) is 12.0 Å². The maximum Gasteiger partial charge on any atom is 0.274 e. The van der Waals surface area contributed by atoms with Crippen LogP contribution in [-0.4, -0.2) is 27.0 Å². The third kappa shape index (κ3) is 4.47. The van der Waals surface area contributed by atoms with E-state index in [0.29, 0.717) is 18.2 Å². The number of amides is 1. The first-order valence-electron chi connectivity index (χ1n) is 10.1. The molecular formula is C23H26N4O2. The Morgan fingerprint density at radius 2 is 1.97 bits per heavy atom. The van der Waals surface area contributed by atoms with Crippen molar-refractivity contribution in [2.45, 2.75) is 52.2 Å². The van der Waals surface area contributed by atoms with Crippen molar-refractivity contribution < 1.29 is 9.53 Å². The Morgan fingerprint density at radius 1 is 1.21 bits per heavy atom. The Morgan fingerprint density at radius 3 is 2.66 bits per heavy atom. The van der Waals surface area contributed by atoms with E-state index in [1.165, 1.54) is 5.56 Å². The number of hydrogen-bond acceptors (Lipinski definition) is 4. The molecule has 0 aliphatic heterocycles. The molecule has 4 rings (SSSR count). The van der Waals surface area contributed by atoms with Crippen molar-refractivity contribution in [1.82, 2.24) is 20.3 Å². The summed E-state index contributed by atoms with van der Waals surface area (Å²) >= 11 is 0. The van der Waals surface area contributed by atoms with Gasteiger partial charge in [-0.15, -0.1) is 5.10 Å². The summed E-state index contributed by atoms with van der Waals surface area (Å²) in [5, 5.41) is 11.5. The lowest BCUT2D eigenvalue weighted by atomic mass is 10.1. The van der Waals surface area contributed by atoms with Crippen LogP contribution >= 0.6 is 0 Å². The van der Waals surface area contributed by atoms with Gasteiger partial charge in [-0.2, -0.15) is 0 Å². The van der Waals surface area contributed by atoms with Gasteiger partial charge in [0.25, 0.3) is 5.91 Å². The molecule has 3 aromatic rings. The summed E-state index contributed by atoms with van der Waals surface area (Å²) in [7, 11) is 0. The Balaban J connectivity index is 1.51. The first kappa shape index (κ1) is 19.2. The van der Waals surface area contributed by atoms with Crippen LogP contribution in [0.25, 0.3) is 5.69 Å². The third-order valence-electron chi connectivity index (χ3n) is 4.89. The van der Waals surface area contributed by atoms with Crippen molar-refractivity contribution in [2.75, 3.05) is 0 Å². The molecule has 1 heterocycles. The zero-order valence-corrected chi connectivity index (χ0v) is 17.1. The third-order valence-corrected chi connectivity index (χ3v) is 4.89. The van der Waals surface area contributed by atoms with Crippen molar-refractivity contribution in [1.29, 1.82) is 0 Å². The summed E-state index contributed by atoms with van der Waals surface area (Å²) in [4.78, 5) is 12.9. The van der Waals surface area contributed by atoms with E-state index >= 15 is 0 Å². The average molecular weight is 390 g/mol. The molecule has 6 nitrogen and oxygen atoms in total. The number of rotatable bonds is 7. The Kier molecular flexibility index (Phi) is 5.34. The van der Waals surface area contributed by atoms with Gasteiger partial charge in [0.2, 0.25) is 0 Å². The van der Waals surface area contributed by atoms with Gasteiger partial charge in [-0.25, -0.2) is 4.68 Å². The van der Waals surface area contributed by atoms with Crippen LogP contribution in [-0.2, 0) is 6.54 Å². The number of ether oxygens (including phenoxy) is 1. The largest absolute Gasteiger partial charge is 0.491 e. The van der Waals surface area contributed by atoms with Crippen LogP contribution in [0.3, 0.4) is 0 Å². The van der Waals surface area contributed by atoms with Crippen LogP contribution in [0, 0.1) is 6.92 Å². The van der Waals surface area contributed by atoms with Crippen LogP contribution in [0.15, 0.2) is 48.5 Å². The molecule has 0 atom stereocenters. The van der Waals surface area contributed by atoms with Crippen LogP contribution < -0.4 is 10.1 Å². The van der Waals surface area contributed by atoms with Gasteiger partial charge in [-0.05, 0) is 63.4 Å². The molecule has 1 aromatic heterocycles. The number of aromatic nitrogens is 3. The van der Waals surface area contributed by atoms with E-state index in [2.05, 4.69) is 15.6 Å². The van der Waals surface area contributed by atoms with E-state index in [1.807, 2.05) is 74.0 Å². The molecule has 150 valence electrons. The minimum atomic E-state index is -0.194. The highest BCUT2D eigenvalue weighted by atomic mass is 16.5. The molecule has 29 heavy (non-hydrogen) atoms. The van der Waals surface area contributed by atoms with Crippen LogP contribution in [0.5, 0.6) is 5.75 Å². The fourth-order valence-corrected chi connectivity index (χ4v) is 3.32. The summed E-state index contributed by atoms with van der Waals surface area (Å²) in [6, 6.07) is 15.9. The first-order chi connectivity index (χ1) is 14.0. The van der Waals surface area contributed by atoms with Crippen molar-refractivity contribution in [3.05, 3.63) is 71.0 Å². The summed E-state index contributed by atoms with van der Waals surface area (Å²) in [5.41, 5.74) is 4.42. The summed E-state index contributed by atoms with van der Waals surface area (Å²) in [5.74, 6) is 0.950. The fourth-order valence-electron chi connectivity index (χ4n) is 3.32. The number of aryl methyl sites for hydroxylation is 1. The quantitative estimate of drug-likeness (QED) is 0.657. The highest BCUT2D eigenvalue weighted by Gasteiger charge is 2.34. The second-order valence-corrected chi connectivity index (χ2v) is 7.84. The van der Waals surface area contributed by atoms with Crippen molar-refractivity contribution in [3.8, 4) is 11.4 Å². The maximum atomic E-state index is 12.9. The molecule has 6 heteroatoms. The average Bonchev–Trinajstić information content (AvgIpc) is 3.44. The minimum absolute atomic E-state index is 0.109. The highest BCUT2D eigenvalue weighted by molar-refractivity contribution is 5.93. The minimum Gasteiger partial charge on any atom is -0.491 e. The summed E-state index contributed by atoms with van der Waals surface area (Å²) < 4.78 is 7.54. The van der Waals surface area contributed by atoms with Gasteiger partial charge in [0, 0.05) is 12.5 Å². The number of hydrogen-bond donors (Lipinski definition) is 1. The van der Waals surface area contributed by atoms with E-state index in [9.17, 15) is 4.79 Å². The fraction of sp³-hybridized carbons (Fsp3) is 0.348. The number of benzene rings is 2. The van der Waals surface area contributed by atoms with Gasteiger partial charge in [0.05, 0.1) is 17.5 Å². The van der Waals surface area contributed by atoms with E-state index in [0.717, 1.165) is 35.5 Å². The molecule has 0 radical (unpaired) electrons. The zero-order chi connectivity index (χ0) is 20.4. The molecular weight excluding hydrogens is 364 g/mol. The SMILES string of the molecule is Cc1ccc(-n2nnc(C(=O)NCc3cccc(OC(C)C)c3)c2C2CC2)cc1. The standard InChI is InChI=1S/C23H26N4O2/c1-15(2)29-20-6-4-5-17(13-20)14-24-23(28)21-22(18-9-10-18)27(26-25-21)19-11-7-16(3)8-12-19/h4-8,11-13,15,18H,9-10,14H2,1-3H3,(H,24,28). The zero-order valence-electron chi connectivity index (χ0n) is 17.1. The number of nitrogens with one attached hydrogen (secondary N) is 1. The van der Waals surface area contributed by atoms with Crippen LogP contribution in [0.2, 0.25) is 0 Å². The topological polar surface area (TPSA) is 69.0 Å². The molecule has 1 amide bonds. The maximum absolute atomic E-state index is 12.9. The Labute approximate surface area is 170 Å². The van der Waals surface area contributed by atoms with E-state index in [1.54, 1.807) is 0 Å². The number of carbonyl (C=O) groups excluding carboxylic acids is 1. The molecule has 0 spiro atoms. The summed E-state index contributed by atoms with van der Waals surface area (Å²) in [6.45, 7) is 6.44. The highest BCUT2D eigenvalue weighted by Crippen LogP contribution is 2.42. The van der Waals surface area contributed by atoms with Crippen molar-refractivity contribution >= 4 is 5.91 Å². The second-order valence-electron chi connectivity index (χ2n) is 7.84. The van der Waals surface area contributed by atoms with Gasteiger partial charge in [-0.1, -0.05) is 35.0 Å². The smallest absolute Gasteiger partial charge is 0.274 e. The molecule has 1 aliphatic rings. The van der Waals surface area contributed by atoms with Crippen molar-refractivity contribution in [3.63, 3.8) is 0 Å². The Bertz CT molecular complexity index is 1000. The molecule has 1 saturated carbocycles. The van der Waals surface area contributed by atoms with Crippen LogP contribution in [0.1, 0.15) is 59.9 Å². The first-order valence-corrected chi connectivity index (χ1v) is 10.1. The van der Waals surface area contributed by atoms with E-state index in [4.69, 9.17) is 4.74 Å². The molecule has 1 aliphatic carbocycles.